The maximum atomic E-state index is 12.4. The van der Waals surface area contributed by atoms with Crippen molar-refractivity contribution in [3.05, 3.63) is 29.8 Å². The van der Waals surface area contributed by atoms with Crippen LogP contribution in [0.1, 0.15) is 18.4 Å². The second-order valence-electron chi connectivity index (χ2n) is 5.75. The lowest BCUT2D eigenvalue weighted by molar-refractivity contribution is -0.133. The molecule has 22 heavy (non-hydrogen) atoms. The van der Waals surface area contributed by atoms with Crippen LogP contribution >= 0.6 is 24.8 Å². The number of para-hydroxylation sites is 1. The molecule has 2 aliphatic rings. The summed E-state index contributed by atoms with van der Waals surface area (Å²) in [6.07, 6.45) is 2.12. The van der Waals surface area contributed by atoms with Crippen molar-refractivity contribution >= 4 is 36.4 Å². The van der Waals surface area contributed by atoms with E-state index in [2.05, 4.69) is 41.4 Å². The summed E-state index contributed by atoms with van der Waals surface area (Å²) in [5, 5.41) is 3.30. The summed E-state index contributed by atoms with van der Waals surface area (Å²) in [6.45, 7) is 6.68. The predicted molar refractivity (Wildman–Crippen MR) is 95.5 cm³/mol. The fourth-order valence-electron chi connectivity index (χ4n) is 3.20. The van der Waals surface area contributed by atoms with Gasteiger partial charge in [-0.25, -0.2) is 0 Å². The van der Waals surface area contributed by atoms with Gasteiger partial charge in [0, 0.05) is 31.9 Å². The number of piperazine rings is 1. The molecule has 0 aromatic heterocycles. The molecule has 1 aromatic carbocycles. The van der Waals surface area contributed by atoms with Crippen LogP contribution in [0.2, 0.25) is 0 Å². The summed E-state index contributed by atoms with van der Waals surface area (Å²) < 4.78 is 0. The molecule has 4 nitrogen and oxygen atoms in total. The number of nitrogens with zero attached hydrogens (tertiary/aromatic N) is 2. The topological polar surface area (TPSA) is 35.6 Å². The van der Waals surface area contributed by atoms with Gasteiger partial charge in [0.1, 0.15) is 0 Å². The third-order valence-corrected chi connectivity index (χ3v) is 4.41. The summed E-state index contributed by atoms with van der Waals surface area (Å²) in [7, 11) is 0. The zero-order chi connectivity index (χ0) is 13.9. The molecule has 2 aliphatic heterocycles. The number of carbonyl (C=O) groups excluding carboxylic acids is 1. The van der Waals surface area contributed by atoms with E-state index in [9.17, 15) is 4.79 Å². The Labute approximate surface area is 145 Å². The summed E-state index contributed by atoms with van der Waals surface area (Å²) in [5.41, 5.74) is 2.61. The highest BCUT2D eigenvalue weighted by molar-refractivity contribution is 5.85. The first-order valence-electron chi connectivity index (χ1n) is 7.58. The molecule has 2 heterocycles. The van der Waals surface area contributed by atoms with E-state index in [1.165, 1.54) is 11.3 Å². The minimum atomic E-state index is 0. The number of rotatable bonds is 2. The third kappa shape index (κ3) is 4.06. The number of amides is 1. The quantitative estimate of drug-likeness (QED) is 0.892. The van der Waals surface area contributed by atoms with E-state index in [1.54, 1.807) is 0 Å². The van der Waals surface area contributed by atoms with E-state index < -0.39 is 0 Å². The van der Waals surface area contributed by atoms with E-state index in [-0.39, 0.29) is 30.9 Å². The van der Waals surface area contributed by atoms with Crippen LogP contribution in [0.15, 0.2) is 24.3 Å². The maximum absolute atomic E-state index is 12.4. The lowest BCUT2D eigenvalue weighted by atomic mass is 10.1. The molecular weight excluding hydrogens is 321 g/mol. The molecule has 3 rings (SSSR count). The van der Waals surface area contributed by atoms with Crippen molar-refractivity contribution in [2.75, 3.05) is 37.6 Å². The molecule has 1 atom stereocenters. The molecule has 0 spiro atoms. The second kappa shape index (κ2) is 8.61. The first-order chi connectivity index (χ1) is 9.75. The van der Waals surface area contributed by atoms with Crippen LogP contribution in [0, 0.1) is 6.92 Å². The summed E-state index contributed by atoms with van der Waals surface area (Å²) >= 11 is 0. The normalized spacial score (nSPS) is 21.0. The summed E-state index contributed by atoms with van der Waals surface area (Å²) in [4.78, 5) is 16.8. The number of hydrogen-bond donors (Lipinski definition) is 1. The Morgan fingerprint density at radius 1 is 1.14 bits per heavy atom. The second-order valence-corrected chi connectivity index (χ2v) is 5.75. The van der Waals surface area contributed by atoms with Crippen LogP contribution in [0.4, 0.5) is 5.69 Å². The van der Waals surface area contributed by atoms with E-state index >= 15 is 0 Å². The Bertz CT molecular complexity index is 484. The van der Waals surface area contributed by atoms with Crippen LogP contribution in [-0.4, -0.2) is 49.6 Å². The van der Waals surface area contributed by atoms with E-state index in [4.69, 9.17) is 0 Å². The molecule has 0 radical (unpaired) electrons. The Morgan fingerprint density at radius 2 is 1.82 bits per heavy atom. The summed E-state index contributed by atoms with van der Waals surface area (Å²) in [6, 6.07) is 8.55. The molecular formula is C16H25Cl2N3O. The maximum Gasteiger partial charge on any atom is 0.239 e. The number of nitrogens with one attached hydrogen (secondary N) is 1. The first kappa shape index (κ1) is 19.1. The number of aryl methyl sites for hydroxylation is 1. The van der Waals surface area contributed by atoms with Crippen molar-refractivity contribution in [3.63, 3.8) is 0 Å². The monoisotopic (exact) mass is 345 g/mol. The largest absolute Gasteiger partial charge is 0.368 e. The van der Waals surface area contributed by atoms with E-state index in [1.807, 2.05) is 4.90 Å². The van der Waals surface area contributed by atoms with Crippen molar-refractivity contribution in [1.82, 2.24) is 10.2 Å². The van der Waals surface area contributed by atoms with E-state index in [0.717, 1.165) is 45.6 Å². The van der Waals surface area contributed by atoms with Crippen molar-refractivity contribution in [1.29, 1.82) is 0 Å². The molecule has 2 saturated heterocycles. The highest BCUT2D eigenvalue weighted by Gasteiger charge is 2.29. The number of halogens is 2. The van der Waals surface area contributed by atoms with Gasteiger partial charge in [-0.1, -0.05) is 18.2 Å². The average molecular weight is 346 g/mol. The van der Waals surface area contributed by atoms with Gasteiger partial charge in [-0.2, -0.15) is 0 Å². The van der Waals surface area contributed by atoms with Gasteiger partial charge in [-0.05, 0) is 37.9 Å². The number of anilines is 1. The molecule has 0 bridgehead atoms. The van der Waals surface area contributed by atoms with Gasteiger partial charge in [0.25, 0.3) is 0 Å². The minimum Gasteiger partial charge on any atom is -0.368 e. The number of carbonyl (C=O) groups is 1. The van der Waals surface area contributed by atoms with Gasteiger partial charge < -0.3 is 15.1 Å². The van der Waals surface area contributed by atoms with E-state index in [0.29, 0.717) is 5.91 Å². The van der Waals surface area contributed by atoms with Gasteiger partial charge >= 0.3 is 0 Å². The Morgan fingerprint density at radius 3 is 2.41 bits per heavy atom. The first-order valence-corrected chi connectivity index (χ1v) is 7.58. The fourth-order valence-corrected chi connectivity index (χ4v) is 3.20. The van der Waals surface area contributed by atoms with Gasteiger partial charge in [0.2, 0.25) is 5.91 Å². The van der Waals surface area contributed by atoms with Gasteiger partial charge in [-0.15, -0.1) is 24.8 Å². The average Bonchev–Trinajstić information content (AvgIpc) is 3.01. The lowest BCUT2D eigenvalue weighted by Gasteiger charge is -2.37. The Balaban J connectivity index is 0.00000121. The predicted octanol–water partition coefficient (Wildman–Crippen LogP) is 2.24. The molecule has 124 valence electrons. The molecule has 1 amide bonds. The zero-order valence-electron chi connectivity index (χ0n) is 13.0. The van der Waals surface area contributed by atoms with Crippen molar-refractivity contribution in [2.24, 2.45) is 0 Å². The van der Waals surface area contributed by atoms with Crippen molar-refractivity contribution in [2.45, 2.75) is 25.8 Å². The molecule has 1 aromatic rings. The molecule has 1 unspecified atom stereocenters. The van der Waals surface area contributed by atoms with Crippen LogP contribution in [-0.2, 0) is 4.79 Å². The highest BCUT2D eigenvalue weighted by atomic mass is 35.5. The Kier molecular flexibility index (Phi) is 7.46. The SMILES string of the molecule is Cc1ccccc1N1CCN(C(=O)C2CCCN2)CC1.Cl.Cl. The lowest BCUT2D eigenvalue weighted by Crippen LogP contribution is -2.53. The minimum absolute atomic E-state index is 0. The molecule has 2 fully saturated rings. The smallest absolute Gasteiger partial charge is 0.239 e. The molecule has 0 saturated carbocycles. The van der Waals surface area contributed by atoms with Crippen LogP contribution in [0.3, 0.4) is 0 Å². The zero-order valence-corrected chi connectivity index (χ0v) is 14.6. The van der Waals surface area contributed by atoms with Crippen LogP contribution in [0.5, 0.6) is 0 Å². The van der Waals surface area contributed by atoms with Gasteiger partial charge in [0.15, 0.2) is 0 Å². The van der Waals surface area contributed by atoms with Crippen molar-refractivity contribution in [3.8, 4) is 0 Å². The standard InChI is InChI=1S/C16H23N3O.2ClH/c1-13-5-2-3-7-15(13)18-9-11-19(12-10-18)16(20)14-6-4-8-17-14;;/h2-3,5,7,14,17H,4,6,8-12H2,1H3;2*1H. The molecule has 1 N–H and O–H groups in total. The van der Waals surface area contributed by atoms with Gasteiger partial charge in [0.05, 0.1) is 6.04 Å². The van der Waals surface area contributed by atoms with Gasteiger partial charge in [-0.3, -0.25) is 4.79 Å². The number of hydrogen-bond acceptors (Lipinski definition) is 3. The third-order valence-electron chi connectivity index (χ3n) is 4.41. The molecule has 0 aliphatic carbocycles. The fraction of sp³-hybridized carbons (Fsp3) is 0.562. The van der Waals surface area contributed by atoms with Crippen molar-refractivity contribution < 1.29 is 4.79 Å². The summed E-state index contributed by atoms with van der Waals surface area (Å²) in [5.74, 6) is 0.298. The molecule has 6 heteroatoms. The Hall–Kier alpha value is -0.970. The van der Waals surface area contributed by atoms with Crippen LogP contribution in [0.25, 0.3) is 0 Å². The highest BCUT2D eigenvalue weighted by Crippen LogP contribution is 2.21. The van der Waals surface area contributed by atoms with Crippen LogP contribution < -0.4 is 10.2 Å². The number of benzene rings is 1.